The summed E-state index contributed by atoms with van der Waals surface area (Å²) >= 11 is 6.16. The number of carbonyl (C=O) groups is 1. The van der Waals surface area contributed by atoms with Crippen LogP contribution in [0.5, 0.6) is 5.75 Å². The highest BCUT2D eigenvalue weighted by molar-refractivity contribution is 6.32. The summed E-state index contributed by atoms with van der Waals surface area (Å²) in [6, 6.07) is 13.1. The van der Waals surface area contributed by atoms with E-state index in [0.717, 1.165) is 11.1 Å². The number of aryl methyl sites for hydroxylation is 1. The number of ether oxygens (including phenoxy) is 3. The molecule has 0 aliphatic rings. The van der Waals surface area contributed by atoms with Gasteiger partial charge < -0.3 is 14.2 Å². The van der Waals surface area contributed by atoms with Gasteiger partial charge in [-0.3, -0.25) is 0 Å². The zero-order valence-corrected chi connectivity index (χ0v) is 15.7. The van der Waals surface area contributed by atoms with E-state index in [-0.39, 0.29) is 0 Å². The molecule has 0 aliphatic heterocycles. The first-order valence-corrected chi connectivity index (χ1v) is 8.40. The minimum absolute atomic E-state index is 0.345. The third-order valence-corrected chi connectivity index (χ3v) is 3.91. The summed E-state index contributed by atoms with van der Waals surface area (Å²) in [5.41, 5.74) is 2.98. The van der Waals surface area contributed by atoms with Gasteiger partial charge >= 0.3 is 5.97 Å². The van der Waals surface area contributed by atoms with Crippen molar-refractivity contribution in [2.75, 3.05) is 20.8 Å². The highest BCUT2D eigenvalue weighted by Gasteiger charge is 2.15. The van der Waals surface area contributed by atoms with Gasteiger partial charge in [0.15, 0.2) is 0 Å². The highest BCUT2D eigenvalue weighted by Crippen LogP contribution is 2.25. The molecule has 0 fully saturated rings. The van der Waals surface area contributed by atoms with E-state index in [9.17, 15) is 4.79 Å². The zero-order chi connectivity index (χ0) is 18.9. The molecule has 2 rings (SSSR count). The van der Waals surface area contributed by atoms with Crippen molar-refractivity contribution in [1.29, 1.82) is 0 Å². The van der Waals surface area contributed by atoms with Crippen LogP contribution < -0.4 is 4.74 Å². The maximum absolute atomic E-state index is 12.0. The molecule has 0 heterocycles. The maximum atomic E-state index is 12.0. The average Bonchev–Trinajstić information content (AvgIpc) is 2.64. The van der Waals surface area contributed by atoms with Crippen molar-refractivity contribution in [3.05, 3.63) is 76.5 Å². The number of benzene rings is 2. The van der Waals surface area contributed by atoms with Crippen molar-refractivity contribution < 1.29 is 19.0 Å². The smallest absolute Gasteiger partial charge is 0.341 e. The topological polar surface area (TPSA) is 44.8 Å². The highest BCUT2D eigenvalue weighted by atomic mass is 35.5. The van der Waals surface area contributed by atoms with E-state index >= 15 is 0 Å². The Morgan fingerprint density at radius 2 is 1.92 bits per heavy atom. The Morgan fingerprint density at radius 3 is 2.62 bits per heavy atom. The van der Waals surface area contributed by atoms with Gasteiger partial charge in [0.1, 0.15) is 17.9 Å². The Balaban J connectivity index is 2.15. The first-order valence-electron chi connectivity index (χ1n) is 8.03. The lowest BCUT2D eigenvalue weighted by Gasteiger charge is -2.09. The molecule has 5 heteroatoms. The fraction of sp³-hybridized carbons (Fsp3) is 0.190. The second-order valence-corrected chi connectivity index (χ2v) is 5.90. The molecule has 0 aliphatic carbocycles. The van der Waals surface area contributed by atoms with Crippen LogP contribution >= 0.6 is 11.6 Å². The van der Waals surface area contributed by atoms with E-state index in [1.54, 1.807) is 0 Å². The standard InChI is InChI=1S/C21H21ClO4/c1-15-10-11-20(19(22)13-15)26-12-6-8-16-7-4-5-9-17(16)18(14-24-2)21(23)25-3/h4-11,13-14H,12H2,1-3H3/b8-6+,18-14+. The first-order chi connectivity index (χ1) is 12.6. The Hall–Kier alpha value is -2.72. The molecule has 0 saturated carbocycles. The van der Waals surface area contributed by atoms with Crippen molar-refractivity contribution in [1.82, 2.24) is 0 Å². The molecule has 2 aromatic carbocycles. The van der Waals surface area contributed by atoms with Crippen LogP contribution in [-0.2, 0) is 14.3 Å². The monoisotopic (exact) mass is 372 g/mol. The molecule has 0 aromatic heterocycles. The van der Waals surface area contributed by atoms with Crippen molar-refractivity contribution >= 4 is 29.2 Å². The maximum Gasteiger partial charge on any atom is 0.341 e. The van der Waals surface area contributed by atoms with Crippen LogP contribution in [0.1, 0.15) is 16.7 Å². The summed E-state index contributed by atoms with van der Waals surface area (Å²) in [6.07, 6.45) is 5.11. The van der Waals surface area contributed by atoms with Gasteiger partial charge in [-0.15, -0.1) is 0 Å². The summed E-state index contributed by atoms with van der Waals surface area (Å²) in [4.78, 5) is 12.0. The second-order valence-electron chi connectivity index (χ2n) is 5.49. The lowest BCUT2D eigenvalue weighted by atomic mass is 10.0. The molecule has 2 aromatic rings. The third-order valence-electron chi connectivity index (χ3n) is 3.61. The van der Waals surface area contributed by atoms with Crippen molar-refractivity contribution in [2.45, 2.75) is 6.92 Å². The number of methoxy groups -OCH3 is 2. The van der Waals surface area contributed by atoms with Gasteiger partial charge in [0, 0.05) is 0 Å². The minimum Gasteiger partial charge on any atom is -0.503 e. The van der Waals surface area contributed by atoms with Crippen LogP contribution in [0.3, 0.4) is 0 Å². The lowest BCUT2D eigenvalue weighted by molar-refractivity contribution is -0.133. The Kier molecular flexibility index (Phi) is 7.30. The molecule has 0 N–H and O–H groups in total. The second kappa shape index (κ2) is 9.68. The zero-order valence-electron chi connectivity index (χ0n) is 15.0. The van der Waals surface area contributed by atoms with E-state index in [1.165, 1.54) is 20.5 Å². The minimum atomic E-state index is -0.463. The predicted octanol–water partition coefficient (Wildman–Crippen LogP) is 4.90. The molecule has 4 nitrogen and oxygen atoms in total. The SMILES string of the molecule is CO/C=C(/C(=O)OC)c1ccccc1/C=C/COc1ccc(C)cc1Cl. The van der Waals surface area contributed by atoms with Crippen LogP contribution in [-0.4, -0.2) is 26.8 Å². The summed E-state index contributed by atoms with van der Waals surface area (Å²) in [7, 11) is 2.82. The molecular weight excluding hydrogens is 352 g/mol. The number of hydrogen-bond acceptors (Lipinski definition) is 4. The number of hydrogen-bond donors (Lipinski definition) is 0. The lowest BCUT2D eigenvalue weighted by Crippen LogP contribution is -2.05. The van der Waals surface area contributed by atoms with Crippen LogP contribution in [0.15, 0.2) is 54.8 Å². The van der Waals surface area contributed by atoms with Gasteiger partial charge in [0.25, 0.3) is 0 Å². The Bertz CT molecular complexity index is 825. The molecular formula is C21H21ClO4. The van der Waals surface area contributed by atoms with Crippen molar-refractivity contribution in [3.8, 4) is 5.75 Å². The normalized spacial score (nSPS) is 11.5. The molecule has 0 spiro atoms. The Morgan fingerprint density at radius 1 is 1.15 bits per heavy atom. The van der Waals surface area contributed by atoms with Crippen molar-refractivity contribution in [3.63, 3.8) is 0 Å². The number of carbonyl (C=O) groups excluding carboxylic acids is 1. The molecule has 0 unspecified atom stereocenters. The van der Waals surface area contributed by atoms with E-state index in [0.29, 0.717) is 28.5 Å². The average molecular weight is 373 g/mol. The molecule has 26 heavy (non-hydrogen) atoms. The summed E-state index contributed by atoms with van der Waals surface area (Å²) in [5.74, 6) is 0.167. The molecule has 0 atom stereocenters. The quantitative estimate of drug-likeness (QED) is 0.394. The van der Waals surface area contributed by atoms with Crippen LogP contribution in [0, 0.1) is 6.92 Å². The fourth-order valence-electron chi connectivity index (χ4n) is 2.37. The Labute approximate surface area is 158 Å². The molecule has 136 valence electrons. The van der Waals surface area contributed by atoms with Gasteiger partial charge in [0.2, 0.25) is 0 Å². The predicted molar refractivity (Wildman–Crippen MR) is 104 cm³/mol. The first kappa shape index (κ1) is 19.6. The van der Waals surface area contributed by atoms with Gasteiger partial charge in [0.05, 0.1) is 25.5 Å². The molecule has 0 bridgehead atoms. The summed E-state index contributed by atoms with van der Waals surface area (Å²) < 4.78 is 15.5. The van der Waals surface area contributed by atoms with E-state index in [2.05, 4.69) is 0 Å². The van der Waals surface area contributed by atoms with Crippen LogP contribution in [0.2, 0.25) is 5.02 Å². The summed E-state index contributed by atoms with van der Waals surface area (Å²) in [6.45, 7) is 2.32. The number of rotatable bonds is 7. The van der Waals surface area contributed by atoms with Gasteiger partial charge in [-0.2, -0.15) is 0 Å². The van der Waals surface area contributed by atoms with Crippen LogP contribution in [0.4, 0.5) is 0 Å². The third kappa shape index (κ3) is 5.14. The van der Waals surface area contributed by atoms with Gasteiger partial charge in [-0.05, 0) is 41.8 Å². The summed E-state index contributed by atoms with van der Waals surface area (Å²) in [5, 5.41) is 0.579. The van der Waals surface area contributed by atoms with Gasteiger partial charge in [-0.25, -0.2) is 4.79 Å². The molecule has 0 amide bonds. The largest absolute Gasteiger partial charge is 0.503 e. The van der Waals surface area contributed by atoms with E-state index in [1.807, 2.05) is 61.5 Å². The van der Waals surface area contributed by atoms with Gasteiger partial charge in [-0.1, -0.05) is 48.0 Å². The van der Waals surface area contributed by atoms with E-state index in [4.69, 9.17) is 25.8 Å². The fourth-order valence-corrected chi connectivity index (χ4v) is 2.66. The molecule has 0 saturated heterocycles. The number of esters is 1. The van der Waals surface area contributed by atoms with E-state index < -0.39 is 5.97 Å². The van der Waals surface area contributed by atoms with Crippen LogP contribution in [0.25, 0.3) is 11.6 Å². The van der Waals surface area contributed by atoms with Crippen molar-refractivity contribution in [2.24, 2.45) is 0 Å². The number of halogens is 1. The molecule has 0 radical (unpaired) electrons.